The number of halogens is 1. The van der Waals surface area contributed by atoms with E-state index in [-0.39, 0.29) is 0 Å². The fourth-order valence-corrected chi connectivity index (χ4v) is 5.21. The largest absolute Gasteiger partial charge is 0.394 e. The molecule has 1 aliphatic heterocycles. The summed E-state index contributed by atoms with van der Waals surface area (Å²) in [5, 5.41) is 0. The van der Waals surface area contributed by atoms with E-state index in [1.54, 1.807) is 0 Å². The molecule has 0 aliphatic carbocycles. The highest BCUT2D eigenvalue weighted by Gasteiger charge is 2.33. The highest BCUT2D eigenvalue weighted by atomic mass is 127. The third-order valence-electron chi connectivity index (χ3n) is 3.06. The summed E-state index contributed by atoms with van der Waals surface area (Å²) in [6.07, 6.45) is 4.89. The lowest BCUT2D eigenvalue weighted by Gasteiger charge is -2.31. The summed E-state index contributed by atoms with van der Waals surface area (Å²) < 4.78 is 13.0. The van der Waals surface area contributed by atoms with Gasteiger partial charge in [0.25, 0.3) is 0 Å². The predicted molar refractivity (Wildman–Crippen MR) is 78.0 cm³/mol. The van der Waals surface area contributed by atoms with Crippen molar-refractivity contribution >= 4 is 31.2 Å². The fourth-order valence-electron chi connectivity index (χ4n) is 2.05. The van der Waals surface area contributed by atoms with Crippen LogP contribution in [0.5, 0.6) is 0 Å². The summed E-state index contributed by atoms with van der Waals surface area (Å²) in [5.74, 6) is 0.716. The third kappa shape index (κ3) is 5.44. The topological polar surface area (TPSA) is 30.5 Å². The summed E-state index contributed by atoms with van der Waals surface area (Å²) in [6.45, 7) is 6.28. The first-order valence-electron chi connectivity index (χ1n) is 6.31. The Morgan fingerprint density at radius 3 is 3.00 bits per heavy atom. The van der Waals surface area contributed by atoms with Crippen molar-refractivity contribution in [1.29, 1.82) is 0 Å². The fraction of sp³-hybridized carbons (Fsp3) is 1.00. The smallest absolute Gasteiger partial charge is 0.355 e. The molecule has 0 aromatic rings. The summed E-state index contributed by atoms with van der Waals surface area (Å²) in [6, 6.07) is 1.10. The van der Waals surface area contributed by atoms with Gasteiger partial charge in [0, 0.05) is 13.2 Å². The molecule has 0 saturated carbocycles. The molecule has 1 aliphatic rings. The first-order valence-corrected chi connectivity index (χ1v) is 10.4. The van der Waals surface area contributed by atoms with Gasteiger partial charge in [0.2, 0.25) is 0 Å². The second-order valence-electron chi connectivity index (χ2n) is 4.67. The summed E-state index contributed by atoms with van der Waals surface area (Å²) >= 11 is 2.41. The zero-order valence-electron chi connectivity index (χ0n) is 10.4. The van der Waals surface area contributed by atoms with E-state index in [0.29, 0.717) is 5.92 Å². The van der Waals surface area contributed by atoms with Gasteiger partial charge in [-0.15, -0.1) is 0 Å². The van der Waals surface area contributed by atoms with Gasteiger partial charge in [0.1, 0.15) is 0 Å². The molecule has 0 amide bonds. The van der Waals surface area contributed by atoms with Crippen molar-refractivity contribution < 1.29 is 8.95 Å². The highest BCUT2D eigenvalue weighted by Crippen LogP contribution is 2.20. The van der Waals surface area contributed by atoms with Crippen LogP contribution in [-0.4, -0.2) is 26.1 Å². The Balaban J connectivity index is 2.33. The number of hydroxylamine groups is 1. The van der Waals surface area contributed by atoms with Crippen LogP contribution in [0.2, 0.25) is 12.6 Å². The molecular formula is C11H24INO2Si. The maximum absolute atomic E-state index is 6.00. The molecule has 96 valence electrons. The maximum atomic E-state index is 6.00. The molecule has 1 fully saturated rings. The van der Waals surface area contributed by atoms with Crippen LogP contribution < -0.4 is 5.48 Å². The van der Waals surface area contributed by atoms with Gasteiger partial charge in [-0.3, -0.25) is 0 Å². The number of rotatable bonds is 5. The standard InChI is InChI=1S/C11H24INO2Si/c1-3-5-11-6-8-14-16(2,9-4-7-12)15-13-10-11/h11,13H,3-10H2,1-2H3. The molecule has 1 heterocycles. The normalized spacial score (nSPS) is 32.1. The van der Waals surface area contributed by atoms with Crippen molar-refractivity contribution in [3.05, 3.63) is 0 Å². The minimum absolute atomic E-state index is 0.716. The van der Waals surface area contributed by atoms with Crippen LogP contribution in [0.4, 0.5) is 0 Å². The first-order chi connectivity index (χ1) is 7.70. The molecule has 0 bridgehead atoms. The quantitative estimate of drug-likeness (QED) is 0.466. The molecule has 1 saturated heterocycles. The number of alkyl halides is 1. The van der Waals surface area contributed by atoms with Gasteiger partial charge in [0.05, 0.1) is 0 Å². The van der Waals surface area contributed by atoms with Crippen molar-refractivity contribution in [1.82, 2.24) is 5.48 Å². The van der Waals surface area contributed by atoms with Crippen LogP contribution in [0.1, 0.15) is 32.6 Å². The van der Waals surface area contributed by atoms with E-state index < -0.39 is 8.56 Å². The van der Waals surface area contributed by atoms with Gasteiger partial charge < -0.3 is 8.95 Å². The second kappa shape index (κ2) is 8.02. The Morgan fingerprint density at radius 1 is 1.50 bits per heavy atom. The highest BCUT2D eigenvalue weighted by molar-refractivity contribution is 14.1. The van der Waals surface area contributed by atoms with Crippen molar-refractivity contribution in [2.45, 2.75) is 45.2 Å². The van der Waals surface area contributed by atoms with Crippen molar-refractivity contribution in [2.24, 2.45) is 5.92 Å². The van der Waals surface area contributed by atoms with Gasteiger partial charge >= 0.3 is 8.56 Å². The van der Waals surface area contributed by atoms with Gasteiger partial charge in [0.15, 0.2) is 0 Å². The molecule has 0 radical (unpaired) electrons. The number of hydrogen-bond donors (Lipinski definition) is 1. The van der Waals surface area contributed by atoms with Crippen LogP contribution >= 0.6 is 22.6 Å². The van der Waals surface area contributed by atoms with E-state index >= 15 is 0 Å². The molecular weight excluding hydrogens is 333 g/mol. The minimum atomic E-state index is -1.91. The average Bonchev–Trinajstić information content (AvgIpc) is 2.24. The van der Waals surface area contributed by atoms with Crippen LogP contribution in [0.15, 0.2) is 0 Å². The molecule has 0 aromatic carbocycles. The zero-order valence-corrected chi connectivity index (χ0v) is 13.6. The Labute approximate surface area is 114 Å². The third-order valence-corrected chi connectivity index (χ3v) is 6.47. The summed E-state index contributed by atoms with van der Waals surface area (Å²) in [7, 11) is -1.91. The molecule has 5 heteroatoms. The Hall–Kier alpha value is 0.827. The molecule has 2 atom stereocenters. The van der Waals surface area contributed by atoms with E-state index in [1.807, 2.05) is 0 Å². The van der Waals surface area contributed by atoms with Crippen molar-refractivity contribution in [3.63, 3.8) is 0 Å². The van der Waals surface area contributed by atoms with Crippen molar-refractivity contribution in [2.75, 3.05) is 17.6 Å². The molecule has 1 rings (SSSR count). The van der Waals surface area contributed by atoms with E-state index in [0.717, 1.165) is 19.2 Å². The Morgan fingerprint density at radius 2 is 2.31 bits per heavy atom. The molecule has 0 aromatic heterocycles. The molecule has 0 spiro atoms. The maximum Gasteiger partial charge on any atom is 0.355 e. The van der Waals surface area contributed by atoms with Crippen LogP contribution in [0.3, 0.4) is 0 Å². The molecule has 2 unspecified atom stereocenters. The number of nitrogens with one attached hydrogen (secondary N) is 1. The van der Waals surface area contributed by atoms with Crippen LogP contribution in [0.25, 0.3) is 0 Å². The lowest BCUT2D eigenvalue weighted by Crippen LogP contribution is -2.47. The summed E-state index contributed by atoms with van der Waals surface area (Å²) in [4.78, 5) is 0. The molecule has 3 nitrogen and oxygen atoms in total. The van der Waals surface area contributed by atoms with Crippen molar-refractivity contribution in [3.8, 4) is 0 Å². The number of hydrogen-bond acceptors (Lipinski definition) is 3. The minimum Gasteiger partial charge on any atom is -0.394 e. The van der Waals surface area contributed by atoms with Gasteiger partial charge in [-0.25, -0.2) is 5.48 Å². The Kier molecular flexibility index (Phi) is 7.46. The SMILES string of the molecule is CCCC1CCO[Si](C)(CCCI)ONC1. The van der Waals surface area contributed by atoms with Gasteiger partial charge in [-0.1, -0.05) is 35.9 Å². The van der Waals surface area contributed by atoms with E-state index in [1.165, 1.54) is 30.1 Å². The predicted octanol–water partition coefficient (Wildman–Crippen LogP) is 3.24. The van der Waals surface area contributed by atoms with Gasteiger partial charge in [-0.2, -0.15) is 0 Å². The monoisotopic (exact) mass is 357 g/mol. The van der Waals surface area contributed by atoms with E-state index in [2.05, 4.69) is 41.5 Å². The first kappa shape index (κ1) is 14.9. The van der Waals surface area contributed by atoms with Crippen LogP contribution in [-0.2, 0) is 8.95 Å². The molecule has 16 heavy (non-hydrogen) atoms. The Bertz CT molecular complexity index is 185. The second-order valence-corrected chi connectivity index (χ2v) is 9.01. The van der Waals surface area contributed by atoms with Crippen LogP contribution in [0, 0.1) is 5.92 Å². The van der Waals surface area contributed by atoms with Gasteiger partial charge in [-0.05, 0) is 42.2 Å². The lowest BCUT2D eigenvalue weighted by molar-refractivity contribution is 0.0680. The summed E-state index contributed by atoms with van der Waals surface area (Å²) in [5.41, 5.74) is 3.16. The molecule has 1 N–H and O–H groups in total. The van der Waals surface area contributed by atoms with E-state index in [9.17, 15) is 0 Å². The lowest BCUT2D eigenvalue weighted by atomic mass is 10.0. The zero-order chi connectivity index (χ0) is 11.9. The van der Waals surface area contributed by atoms with E-state index in [4.69, 9.17) is 8.95 Å². The average molecular weight is 357 g/mol.